The molecule has 4 aliphatic rings. The fourth-order valence-corrected chi connectivity index (χ4v) is 10.5. The van der Waals surface area contributed by atoms with Crippen molar-refractivity contribution in [1.82, 2.24) is 24.6 Å². The molecule has 18 heteroatoms. The van der Waals surface area contributed by atoms with Gasteiger partial charge in [0.2, 0.25) is 5.88 Å². The number of hydrogen-bond acceptors (Lipinski definition) is 13. The zero-order valence-electron chi connectivity index (χ0n) is 36.6. The lowest BCUT2D eigenvalue weighted by Gasteiger charge is -2.39. The summed E-state index contributed by atoms with van der Waals surface area (Å²) in [5, 5.41) is 16.1. The Balaban J connectivity index is 0.986. The van der Waals surface area contributed by atoms with Crippen LogP contribution in [0, 0.1) is 21.4 Å². The number of nitro groups is 1. The van der Waals surface area contributed by atoms with E-state index in [0.717, 1.165) is 81.6 Å². The molecule has 2 saturated heterocycles. The van der Waals surface area contributed by atoms with Crippen molar-refractivity contribution < 1.29 is 27.6 Å². The van der Waals surface area contributed by atoms with E-state index in [2.05, 4.69) is 60.8 Å². The first-order valence-electron chi connectivity index (χ1n) is 22.3. The van der Waals surface area contributed by atoms with E-state index in [0.29, 0.717) is 67.7 Å². The Morgan fingerprint density at radius 3 is 2.54 bits per heavy atom. The summed E-state index contributed by atoms with van der Waals surface area (Å²) >= 11 is 6.27. The van der Waals surface area contributed by atoms with Crippen molar-refractivity contribution >= 4 is 72.7 Å². The highest BCUT2D eigenvalue weighted by Gasteiger charge is 2.32. The van der Waals surface area contributed by atoms with Crippen molar-refractivity contribution in [2.45, 2.75) is 57.3 Å². The third-order valence-corrected chi connectivity index (χ3v) is 14.7. The summed E-state index contributed by atoms with van der Waals surface area (Å²) in [5.74, 6) is -0.262. The number of nitrogens with one attached hydrogen (secondary N) is 3. The number of halogens is 1. The van der Waals surface area contributed by atoms with Gasteiger partial charge < -0.3 is 29.6 Å². The molecule has 16 nitrogen and oxygen atoms in total. The second-order valence-corrected chi connectivity index (χ2v) is 20.3. The number of imidazole rings is 1. The normalized spacial score (nSPS) is 18.5. The molecule has 65 heavy (non-hydrogen) atoms. The minimum absolute atomic E-state index is 0.0945. The highest BCUT2D eigenvalue weighted by molar-refractivity contribution is 7.90. The molecule has 1 aliphatic carbocycles. The Labute approximate surface area is 383 Å². The zero-order valence-corrected chi connectivity index (χ0v) is 38.2. The maximum atomic E-state index is 14.4. The van der Waals surface area contributed by atoms with Crippen molar-refractivity contribution in [3.8, 4) is 5.88 Å². The molecule has 342 valence electrons. The molecule has 0 unspecified atom stereocenters. The number of fused-ring (bicyclic) bond motifs is 2. The Morgan fingerprint density at radius 1 is 0.985 bits per heavy atom. The largest absolute Gasteiger partial charge is 0.476 e. The van der Waals surface area contributed by atoms with E-state index in [1.54, 1.807) is 12.4 Å². The number of aromatic nitrogens is 3. The third-order valence-electron chi connectivity index (χ3n) is 13.1. The van der Waals surface area contributed by atoms with Gasteiger partial charge in [-0.3, -0.25) is 19.8 Å². The van der Waals surface area contributed by atoms with Crippen LogP contribution in [0.25, 0.3) is 16.7 Å². The van der Waals surface area contributed by atoms with Gasteiger partial charge in [-0.1, -0.05) is 43.2 Å². The summed E-state index contributed by atoms with van der Waals surface area (Å²) in [6, 6.07) is 19.1. The molecule has 3 N–H and O–H groups in total. The number of allylic oxidation sites excluding steroid dienone is 1. The van der Waals surface area contributed by atoms with E-state index in [-0.39, 0.29) is 22.6 Å². The number of amides is 1. The number of benzene rings is 3. The topological polar surface area (TPSA) is 188 Å². The summed E-state index contributed by atoms with van der Waals surface area (Å²) < 4.78 is 41.6. The van der Waals surface area contributed by atoms with Crippen molar-refractivity contribution in [2.75, 3.05) is 80.8 Å². The molecule has 9 rings (SSSR count). The first-order chi connectivity index (χ1) is 31.3. The predicted octanol–water partition coefficient (Wildman–Crippen LogP) is 8.18. The average Bonchev–Trinajstić information content (AvgIpc) is 3.66. The number of aromatic amines is 1. The Kier molecular flexibility index (Phi) is 12.7. The first kappa shape index (κ1) is 44.5. The van der Waals surface area contributed by atoms with Crippen LogP contribution < -0.4 is 24.6 Å². The van der Waals surface area contributed by atoms with Gasteiger partial charge in [-0.2, -0.15) is 4.98 Å². The van der Waals surface area contributed by atoms with Gasteiger partial charge in [-0.25, -0.2) is 18.1 Å². The van der Waals surface area contributed by atoms with E-state index in [9.17, 15) is 23.3 Å². The predicted molar refractivity (Wildman–Crippen MR) is 252 cm³/mol. The summed E-state index contributed by atoms with van der Waals surface area (Å²) in [7, 11) is -4.58. The van der Waals surface area contributed by atoms with Crippen LogP contribution in [0.3, 0.4) is 0 Å². The highest BCUT2D eigenvalue weighted by atomic mass is 35.5. The minimum atomic E-state index is -4.58. The summed E-state index contributed by atoms with van der Waals surface area (Å²) in [4.78, 5) is 44.4. The Bertz CT molecular complexity index is 2730. The fraction of sp³-hybridized carbons (Fsp3) is 0.426. The van der Waals surface area contributed by atoms with Gasteiger partial charge >= 0.3 is 0 Å². The van der Waals surface area contributed by atoms with E-state index in [1.807, 2.05) is 35.2 Å². The number of carbonyl (C=O) groups is 1. The molecule has 0 bridgehead atoms. The summed E-state index contributed by atoms with van der Waals surface area (Å²) in [6.07, 6.45) is 6.98. The van der Waals surface area contributed by atoms with Crippen LogP contribution in [-0.4, -0.2) is 105 Å². The van der Waals surface area contributed by atoms with Gasteiger partial charge in [0.05, 0.1) is 34.0 Å². The van der Waals surface area contributed by atoms with Crippen molar-refractivity contribution in [3.05, 3.63) is 105 Å². The molecule has 0 saturated carbocycles. The fourth-order valence-electron chi connectivity index (χ4n) is 9.35. The van der Waals surface area contributed by atoms with E-state index < -0.39 is 31.4 Å². The molecule has 0 spiro atoms. The molecular formula is C47H54ClN9O7S. The number of anilines is 4. The van der Waals surface area contributed by atoms with Crippen LogP contribution in [-0.2, 0) is 14.8 Å². The number of nitro benzene ring substituents is 1. The molecule has 1 amide bonds. The van der Waals surface area contributed by atoms with E-state index in [1.165, 1.54) is 28.8 Å². The number of carbonyl (C=O) groups excluding carboxylic acids is 1. The maximum Gasteiger partial charge on any atom is 0.293 e. The van der Waals surface area contributed by atoms with Crippen molar-refractivity contribution in [3.63, 3.8) is 0 Å². The number of hydrogen-bond donors (Lipinski definition) is 3. The number of rotatable bonds is 12. The second-order valence-electron chi connectivity index (χ2n) is 18.1. The lowest BCUT2D eigenvalue weighted by Crippen LogP contribution is -2.47. The molecule has 5 aromatic rings. The molecule has 3 aromatic carbocycles. The zero-order chi connectivity index (χ0) is 45.3. The Morgan fingerprint density at radius 2 is 1.77 bits per heavy atom. The monoisotopic (exact) mass is 923 g/mol. The molecule has 2 fully saturated rings. The summed E-state index contributed by atoms with van der Waals surface area (Å²) in [5.41, 5.74) is 7.30. The second kappa shape index (κ2) is 18.6. The van der Waals surface area contributed by atoms with Crippen molar-refractivity contribution in [1.29, 1.82) is 0 Å². The lowest BCUT2D eigenvalue weighted by atomic mass is 9.72. The van der Waals surface area contributed by atoms with Gasteiger partial charge in [-0.15, -0.1) is 0 Å². The summed E-state index contributed by atoms with van der Waals surface area (Å²) in [6.45, 7) is 11.2. The van der Waals surface area contributed by atoms with E-state index >= 15 is 0 Å². The van der Waals surface area contributed by atoms with Crippen molar-refractivity contribution in [2.24, 2.45) is 11.3 Å². The minimum Gasteiger partial charge on any atom is -0.476 e. The van der Waals surface area contributed by atoms with Crippen LogP contribution in [0.5, 0.6) is 5.88 Å². The van der Waals surface area contributed by atoms with Crippen LogP contribution in [0.4, 0.5) is 28.4 Å². The molecule has 0 radical (unpaired) electrons. The highest BCUT2D eigenvalue weighted by Crippen LogP contribution is 2.44. The maximum absolute atomic E-state index is 14.4. The number of pyridine rings is 1. The molecular weight excluding hydrogens is 870 g/mol. The van der Waals surface area contributed by atoms with Crippen LogP contribution >= 0.6 is 11.6 Å². The standard InChI is InChI=1S/C47H54ClN9O7S/c1-47(2)15-12-33(38(27-47)32-4-6-34(48)7-5-32)29-54-17-19-55(20-18-54)35-8-10-37(41(24-35)56-16-3-21-64-46-43(56)26-40-44(52-46)51-30-50-40)45(58)53-65(61,62)36-9-11-39(42(25-36)57(59)60)49-28-31-13-22-63-23-14-31/h4-11,24-26,30-31,49H,3,12-23,27-29H2,1-2H3,(H,53,58)(H,50,51,52). The SMILES string of the molecule is CC1(C)CCC(CN2CCN(c3ccc(C(=O)NS(=O)(=O)c4ccc(NCC5CCOCC5)c([N+](=O)[O-])c4)c(N4CCCOc5nc6[nH]cnc6cc54)c3)CC2)=C(c2ccc(Cl)cc2)C1. The number of ether oxygens (including phenoxy) is 2. The molecule has 3 aliphatic heterocycles. The molecule has 0 atom stereocenters. The van der Waals surface area contributed by atoms with Crippen LogP contribution in [0.2, 0.25) is 5.02 Å². The molecule has 5 heterocycles. The van der Waals surface area contributed by atoms with Gasteiger partial charge in [0, 0.05) is 75.8 Å². The Hall–Kier alpha value is -5.75. The van der Waals surface area contributed by atoms with Crippen LogP contribution in [0.1, 0.15) is 68.3 Å². The number of sulfonamides is 1. The average molecular weight is 925 g/mol. The lowest BCUT2D eigenvalue weighted by molar-refractivity contribution is -0.384. The number of H-pyrrole nitrogens is 1. The van der Waals surface area contributed by atoms with Gasteiger partial charge in [-0.05, 0) is 110 Å². The third kappa shape index (κ3) is 9.93. The molecule has 2 aromatic heterocycles. The quantitative estimate of drug-likeness (QED) is 0.0804. The first-order valence-corrected chi connectivity index (χ1v) is 24.2. The van der Waals surface area contributed by atoms with E-state index in [4.69, 9.17) is 21.1 Å². The smallest absolute Gasteiger partial charge is 0.293 e. The van der Waals surface area contributed by atoms with Gasteiger partial charge in [0.25, 0.3) is 21.6 Å². The van der Waals surface area contributed by atoms with Gasteiger partial charge in [0.15, 0.2) is 5.65 Å². The number of piperazine rings is 1. The number of nitrogens with zero attached hydrogens (tertiary/aromatic N) is 6. The van der Waals surface area contributed by atoms with Crippen LogP contribution in [0.15, 0.2) is 83.5 Å². The van der Waals surface area contributed by atoms with Gasteiger partial charge in [0.1, 0.15) is 16.9 Å².